The summed E-state index contributed by atoms with van der Waals surface area (Å²) in [5, 5.41) is 13.0. The van der Waals surface area contributed by atoms with E-state index in [0.717, 1.165) is 52.2 Å². The van der Waals surface area contributed by atoms with Gasteiger partial charge in [-0.2, -0.15) is 0 Å². The summed E-state index contributed by atoms with van der Waals surface area (Å²) in [5.41, 5.74) is 0.345. The van der Waals surface area contributed by atoms with E-state index < -0.39 is 0 Å². The molecular formula is C16H32N2O2. The highest BCUT2D eigenvalue weighted by Gasteiger charge is 2.36. The summed E-state index contributed by atoms with van der Waals surface area (Å²) in [6.07, 6.45) is 7.48. The van der Waals surface area contributed by atoms with Crippen LogP contribution in [0.2, 0.25) is 0 Å². The van der Waals surface area contributed by atoms with Crippen LogP contribution in [0, 0.1) is 5.41 Å². The number of ether oxygens (including phenoxy) is 1. The Kier molecular flexibility index (Phi) is 6.75. The van der Waals surface area contributed by atoms with Crippen molar-refractivity contribution in [1.29, 1.82) is 0 Å². The van der Waals surface area contributed by atoms with Gasteiger partial charge in [-0.3, -0.25) is 4.90 Å². The lowest BCUT2D eigenvalue weighted by molar-refractivity contribution is -0.0230. The molecule has 1 aliphatic carbocycles. The van der Waals surface area contributed by atoms with E-state index in [2.05, 4.69) is 17.1 Å². The van der Waals surface area contributed by atoms with Gasteiger partial charge in [0.15, 0.2) is 0 Å². The predicted molar refractivity (Wildman–Crippen MR) is 81.9 cm³/mol. The van der Waals surface area contributed by atoms with Gasteiger partial charge in [0.2, 0.25) is 0 Å². The fraction of sp³-hybridized carbons (Fsp3) is 1.00. The summed E-state index contributed by atoms with van der Waals surface area (Å²) in [4.78, 5) is 2.54. The molecular weight excluding hydrogens is 252 g/mol. The van der Waals surface area contributed by atoms with E-state index >= 15 is 0 Å². The third-order valence-electron chi connectivity index (χ3n) is 5.00. The van der Waals surface area contributed by atoms with Gasteiger partial charge in [0.25, 0.3) is 0 Å². The second kappa shape index (κ2) is 8.32. The zero-order valence-corrected chi connectivity index (χ0v) is 13.1. The molecule has 4 heteroatoms. The average molecular weight is 284 g/mol. The first-order valence-electron chi connectivity index (χ1n) is 8.43. The first kappa shape index (κ1) is 16.2. The zero-order valence-electron chi connectivity index (χ0n) is 13.1. The Hall–Kier alpha value is -0.160. The summed E-state index contributed by atoms with van der Waals surface area (Å²) in [5.74, 6) is 0. The van der Waals surface area contributed by atoms with Crippen molar-refractivity contribution in [2.45, 2.75) is 51.5 Å². The number of rotatable bonds is 9. The lowest BCUT2D eigenvalue weighted by Gasteiger charge is -2.46. The molecule has 20 heavy (non-hydrogen) atoms. The molecule has 2 fully saturated rings. The minimum atomic E-state index is 0.283. The Bertz CT molecular complexity index is 263. The van der Waals surface area contributed by atoms with Crippen LogP contribution in [0.5, 0.6) is 0 Å². The molecule has 0 aromatic rings. The Labute approximate surface area is 123 Å². The number of hydrogen-bond donors (Lipinski definition) is 2. The van der Waals surface area contributed by atoms with Gasteiger partial charge in [-0.25, -0.2) is 0 Å². The van der Waals surface area contributed by atoms with E-state index in [9.17, 15) is 5.11 Å². The maximum Gasteiger partial charge on any atom is 0.0558 e. The van der Waals surface area contributed by atoms with Crippen LogP contribution in [0.15, 0.2) is 0 Å². The minimum absolute atomic E-state index is 0.283. The van der Waals surface area contributed by atoms with E-state index in [1.165, 1.54) is 25.7 Å². The molecule has 1 saturated heterocycles. The molecule has 0 unspecified atom stereocenters. The van der Waals surface area contributed by atoms with Crippen LogP contribution < -0.4 is 5.32 Å². The second-order valence-corrected chi connectivity index (χ2v) is 6.57. The lowest BCUT2D eigenvalue weighted by Crippen LogP contribution is -2.52. The van der Waals surface area contributed by atoms with E-state index in [4.69, 9.17) is 4.74 Å². The topological polar surface area (TPSA) is 44.7 Å². The van der Waals surface area contributed by atoms with E-state index in [-0.39, 0.29) is 6.61 Å². The highest BCUT2D eigenvalue weighted by atomic mass is 16.5. The molecule has 2 N–H and O–H groups in total. The van der Waals surface area contributed by atoms with Crippen LogP contribution in [0.3, 0.4) is 0 Å². The summed E-state index contributed by atoms with van der Waals surface area (Å²) < 4.78 is 5.58. The first-order valence-corrected chi connectivity index (χ1v) is 8.43. The number of nitrogens with zero attached hydrogens (tertiary/aromatic N) is 1. The first-order chi connectivity index (χ1) is 9.79. The quantitative estimate of drug-likeness (QED) is 0.632. The number of nitrogens with one attached hydrogen (secondary N) is 1. The van der Waals surface area contributed by atoms with Crippen LogP contribution in [-0.4, -0.2) is 62.0 Å². The van der Waals surface area contributed by atoms with Crippen molar-refractivity contribution in [2.75, 3.05) is 46.0 Å². The molecule has 0 radical (unpaired) electrons. The third kappa shape index (κ3) is 4.42. The standard InChI is InChI=1S/C16H32N2O2/c1-2-8-17-13-16(6-11-20-12-7-16)14-18(9-10-19)15-4-3-5-15/h15,17,19H,2-14H2,1H3. The highest BCUT2D eigenvalue weighted by Crippen LogP contribution is 2.34. The number of aliphatic hydroxyl groups is 1. The molecule has 1 heterocycles. The average Bonchev–Trinajstić information content (AvgIpc) is 2.38. The Morgan fingerprint density at radius 2 is 2.05 bits per heavy atom. The Balaban J connectivity index is 1.93. The number of hydrogen-bond acceptors (Lipinski definition) is 4. The third-order valence-corrected chi connectivity index (χ3v) is 5.00. The molecule has 1 aliphatic heterocycles. The van der Waals surface area contributed by atoms with Crippen LogP contribution in [0.25, 0.3) is 0 Å². The van der Waals surface area contributed by atoms with Gasteiger partial charge in [-0.1, -0.05) is 13.3 Å². The van der Waals surface area contributed by atoms with Gasteiger partial charge in [-0.05, 0) is 44.1 Å². The lowest BCUT2D eigenvalue weighted by atomic mass is 9.78. The van der Waals surface area contributed by atoms with Crippen LogP contribution in [0.1, 0.15) is 45.4 Å². The van der Waals surface area contributed by atoms with Crippen molar-refractivity contribution in [3.05, 3.63) is 0 Å². The number of aliphatic hydroxyl groups excluding tert-OH is 1. The van der Waals surface area contributed by atoms with Crippen LogP contribution in [0.4, 0.5) is 0 Å². The SMILES string of the molecule is CCCNCC1(CN(CCO)C2CCC2)CCOCC1. The monoisotopic (exact) mass is 284 g/mol. The van der Waals surface area contributed by atoms with E-state index in [1.54, 1.807) is 0 Å². The molecule has 0 aromatic heterocycles. The molecule has 0 atom stereocenters. The van der Waals surface area contributed by atoms with E-state index in [0.29, 0.717) is 11.5 Å². The van der Waals surface area contributed by atoms with Crippen molar-refractivity contribution in [2.24, 2.45) is 5.41 Å². The maximum absolute atomic E-state index is 9.35. The van der Waals surface area contributed by atoms with Crippen LogP contribution >= 0.6 is 0 Å². The van der Waals surface area contributed by atoms with Gasteiger partial charge in [0, 0.05) is 38.9 Å². The predicted octanol–water partition coefficient (Wildman–Crippen LogP) is 1.63. The van der Waals surface area contributed by atoms with Crippen molar-refractivity contribution >= 4 is 0 Å². The molecule has 4 nitrogen and oxygen atoms in total. The molecule has 2 aliphatic rings. The summed E-state index contributed by atoms with van der Waals surface area (Å²) in [6.45, 7) is 8.45. The molecule has 2 rings (SSSR count). The van der Waals surface area contributed by atoms with Gasteiger partial charge in [0.05, 0.1) is 6.61 Å². The molecule has 0 spiro atoms. The van der Waals surface area contributed by atoms with Crippen molar-refractivity contribution < 1.29 is 9.84 Å². The molecule has 0 amide bonds. The molecule has 118 valence electrons. The van der Waals surface area contributed by atoms with Gasteiger partial charge in [-0.15, -0.1) is 0 Å². The van der Waals surface area contributed by atoms with E-state index in [1.807, 2.05) is 0 Å². The zero-order chi connectivity index (χ0) is 14.3. The maximum atomic E-state index is 9.35. The molecule has 0 aromatic carbocycles. The Morgan fingerprint density at radius 1 is 1.30 bits per heavy atom. The van der Waals surface area contributed by atoms with Gasteiger partial charge in [0.1, 0.15) is 0 Å². The second-order valence-electron chi connectivity index (χ2n) is 6.57. The van der Waals surface area contributed by atoms with Gasteiger partial charge >= 0.3 is 0 Å². The highest BCUT2D eigenvalue weighted by molar-refractivity contribution is 4.90. The largest absolute Gasteiger partial charge is 0.395 e. The van der Waals surface area contributed by atoms with Crippen molar-refractivity contribution in [1.82, 2.24) is 10.2 Å². The summed E-state index contributed by atoms with van der Waals surface area (Å²) in [7, 11) is 0. The van der Waals surface area contributed by atoms with Crippen molar-refractivity contribution in [3.63, 3.8) is 0 Å². The minimum Gasteiger partial charge on any atom is -0.395 e. The summed E-state index contributed by atoms with van der Waals surface area (Å²) in [6, 6.07) is 0.716. The molecule has 0 bridgehead atoms. The normalized spacial score (nSPS) is 22.9. The van der Waals surface area contributed by atoms with Gasteiger partial charge < -0.3 is 15.2 Å². The summed E-state index contributed by atoms with van der Waals surface area (Å²) >= 11 is 0. The van der Waals surface area contributed by atoms with Crippen molar-refractivity contribution in [3.8, 4) is 0 Å². The smallest absolute Gasteiger partial charge is 0.0558 e. The molecule has 1 saturated carbocycles. The fourth-order valence-electron chi connectivity index (χ4n) is 3.43. The Morgan fingerprint density at radius 3 is 2.60 bits per heavy atom. The fourth-order valence-corrected chi connectivity index (χ4v) is 3.43. The van der Waals surface area contributed by atoms with Crippen LogP contribution in [-0.2, 0) is 4.74 Å².